The van der Waals surface area contributed by atoms with E-state index in [4.69, 9.17) is 5.73 Å². The van der Waals surface area contributed by atoms with E-state index in [0.717, 1.165) is 38.9 Å². The van der Waals surface area contributed by atoms with Gasteiger partial charge in [0.2, 0.25) is 5.91 Å². The summed E-state index contributed by atoms with van der Waals surface area (Å²) in [5.41, 5.74) is 6.14. The highest BCUT2D eigenvalue weighted by atomic mass is 16.2. The Bertz CT molecular complexity index is 342. The van der Waals surface area contributed by atoms with E-state index in [1.165, 1.54) is 0 Å². The number of nitrogens with two attached hydrogens (primary N) is 1. The van der Waals surface area contributed by atoms with Gasteiger partial charge >= 0.3 is 0 Å². The highest BCUT2D eigenvalue weighted by molar-refractivity contribution is 5.79. The topological polar surface area (TPSA) is 49.6 Å². The molecule has 0 spiro atoms. The molecular weight excluding hydrogens is 238 g/mol. The molecule has 2 N–H and O–H groups in total. The molecule has 2 rings (SSSR count). The van der Waals surface area contributed by atoms with Crippen LogP contribution in [0.15, 0.2) is 0 Å². The lowest BCUT2D eigenvalue weighted by atomic mass is 9.78. The summed E-state index contributed by atoms with van der Waals surface area (Å²) in [6.07, 6.45) is 2.93. The van der Waals surface area contributed by atoms with Crippen LogP contribution in [0, 0.1) is 11.8 Å². The van der Waals surface area contributed by atoms with Gasteiger partial charge in [0.1, 0.15) is 0 Å². The Morgan fingerprint density at radius 1 is 1.26 bits per heavy atom. The van der Waals surface area contributed by atoms with Gasteiger partial charge in [-0.3, -0.25) is 9.69 Å². The molecule has 4 nitrogen and oxygen atoms in total. The minimum atomic E-state index is 0.0879. The van der Waals surface area contributed by atoms with E-state index in [1.807, 2.05) is 0 Å². The van der Waals surface area contributed by atoms with E-state index in [2.05, 4.69) is 37.6 Å². The van der Waals surface area contributed by atoms with Crippen molar-refractivity contribution in [1.82, 2.24) is 9.80 Å². The van der Waals surface area contributed by atoms with Gasteiger partial charge in [0.25, 0.3) is 0 Å². The van der Waals surface area contributed by atoms with Gasteiger partial charge in [-0.1, -0.05) is 6.92 Å². The van der Waals surface area contributed by atoms with Crippen LogP contribution in [0.4, 0.5) is 0 Å². The summed E-state index contributed by atoms with van der Waals surface area (Å²) in [5.74, 6) is 1.04. The van der Waals surface area contributed by atoms with Gasteiger partial charge in [-0.25, -0.2) is 0 Å². The van der Waals surface area contributed by atoms with Crippen molar-refractivity contribution in [3.8, 4) is 0 Å². The molecule has 1 heterocycles. The minimum absolute atomic E-state index is 0.0879. The molecule has 0 aromatic heterocycles. The Hall–Kier alpha value is -0.610. The molecule has 4 heteroatoms. The van der Waals surface area contributed by atoms with Crippen molar-refractivity contribution in [2.45, 2.75) is 51.6 Å². The predicted octanol–water partition coefficient (Wildman–Crippen LogP) is 1.30. The van der Waals surface area contributed by atoms with Gasteiger partial charge in [-0.05, 0) is 46.1 Å². The molecule has 3 atom stereocenters. The second-order valence-corrected chi connectivity index (χ2v) is 7.14. The molecule has 110 valence electrons. The fourth-order valence-electron chi connectivity index (χ4n) is 3.33. The number of carbonyl (C=O) groups is 1. The van der Waals surface area contributed by atoms with Crippen LogP contribution < -0.4 is 5.73 Å². The second kappa shape index (κ2) is 5.41. The van der Waals surface area contributed by atoms with Crippen LogP contribution in [-0.2, 0) is 4.79 Å². The van der Waals surface area contributed by atoms with E-state index in [1.54, 1.807) is 0 Å². The van der Waals surface area contributed by atoms with Gasteiger partial charge in [-0.2, -0.15) is 0 Å². The quantitative estimate of drug-likeness (QED) is 0.779. The Kier molecular flexibility index (Phi) is 4.21. The van der Waals surface area contributed by atoms with Crippen LogP contribution in [0.1, 0.15) is 40.0 Å². The average Bonchev–Trinajstić information content (AvgIpc) is 2.35. The maximum absolute atomic E-state index is 12.7. The van der Waals surface area contributed by atoms with Crippen molar-refractivity contribution in [1.29, 1.82) is 0 Å². The lowest BCUT2D eigenvalue weighted by Gasteiger charge is -2.46. The number of hydrogen-bond donors (Lipinski definition) is 1. The third-order valence-corrected chi connectivity index (χ3v) is 5.21. The van der Waals surface area contributed by atoms with Gasteiger partial charge < -0.3 is 10.6 Å². The summed E-state index contributed by atoms with van der Waals surface area (Å²) in [7, 11) is 2.14. The lowest BCUT2D eigenvalue weighted by Crippen LogP contribution is -2.60. The van der Waals surface area contributed by atoms with Gasteiger partial charge in [0, 0.05) is 37.1 Å². The molecule has 0 radical (unpaired) electrons. The normalized spacial score (nSPS) is 36.3. The maximum atomic E-state index is 12.7. The summed E-state index contributed by atoms with van der Waals surface area (Å²) in [4.78, 5) is 17.1. The fraction of sp³-hybridized carbons (Fsp3) is 0.933. The first-order valence-corrected chi connectivity index (χ1v) is 7.57. The number of likely N-dealkylation sites (N-methyl/N-ethyl adjacent to an activating group) is 1. The number of amides is 1. The van der Waals surface area contributed by atoms with E-state index >= 15 is 0 Å². The van der Waals surface area contributed by atoms with E-state index < -0.39 is 0 Å². The molecule has 2 fully saturated rings. The van der Waals surface area contributed by atoms with Gasteiger partial charge in [-0.15, -0.1) is 0 Å². The SMILES string of the molecule is CC1CC(C(=O)N2CCN(C)C(C)(C)C2)CCC1N. The lowest BCUT2D eigenvalue weighted by molar-refractivity contribution is -0.141. The van der Waals surface area contributed by atoms with Gasteiger partial charge in [0.05, 0.1) is 0 Å². The van der Waals surface area contributed by atoms with Gasteiger partial charge in [0.15, 0.2) is 0 Å². The molecule has 19 heavy (non-hydrogen) atoms. The summed E-state index contributed by atoms with van der Waals surface area (Å²) in [5, 5.41) is 0. The number of nitrogens with zero attached hydrogens (tertiary/aromatic N) is 2. The monoisotopic (exact) mass is 267 g/mol. The second-order valence-electron chi connectivity index (χ2n) is 7.14. The smallest absolute Gasteiger partial charge is 0.225 e. The molecule has 1 saturated heterocycles. The first-order chi connectivity index (χ1) is 8.81. The fourth-order valence-corrected chi connectivity index (χ4v) is 3.33. The maximum Gasteiger partial charge on any atom is 0.225 e. The van der Waals surface area contributed by atoms with Crippen LogP contribution >= 0.6 is 0 Å². The average molecular weight is 267 g/mol. The number of piperazine rings is 1. The Morgan fingerprint density at radius 2 is 1.95 bits per heavy atom. The molecule has 1 amide bonds. The van der Waals surface area contributed by atoms with Crippen molar-refractivity contribution in [2.75, 3.05) is 26.7 Å². The third-order valence-electron chi connectivity index (χ3n) is 5.21. The van der Waals surface area contributed by atoms with Crippen molar-refractivity contribution in [2.24, 2.45) is 17.6 Å². The summed E-state index contributed by atoms with van der Waals surface area (Å²) in [6, 6.07) is 0.285. The van der Waals surface area contributed by atoms with Crippen LogP contribution in [0.5, 0.6) is 0 Å². The summed E-state index contributed by atoms with van der Waals surface area (Å²) in [6.45, 7) is 9.30. The zero-order chi connectivity index (χ0) is 14.2. The number of hydrogen-bond acceptors (Lipinski definition) is 3. The Labute approximate surface area is 117 Å². The van der Waals surface area contributed by atoms with E-state index in [0.29, 0.717) is 11.8 Å². The highest BCUT2D eigenvalue weighted by Gasteiger charge is 2.37. The molecular formula is C15H29N3O. The predicted molar refractivity (Wildman–Crippen MR) is 77.8 cm³/mol. The van der Waals surface area contributed by atoms with Crippen LogP contribution in [0.25, 0.3) is 0 Å². The zero-order valence-corrected chi connectivity index (χ0v) is 12.9. The Balaban J connectivity index is 1.97. The molecule has 0 aromatic rings. The van der Waals surface area contributed by atoms with Crippen LogP contribution in [0.3, 0.4) is 0 Å². The number of carbonyl (C=O) groups excluding carboxylic acids is 1. The largest absolute Gasteiger partial charge is 0.339 e. The summed E-state index contributed by atoms with van der Waals surface area (Å²) < 4.78 is 0. The molecule has 1 saturated carbocycles. The van der Waals surface area contributed by atoms with Crippen molar-refractivity contribution in [3.05, 3.63) is 0 Å². The van der Waals surface area contributed by atoms with E-state index in [9.17, 15) is 4.79 Å². The molecule has 1 aliphatic carbocycles. The third kappa shape index (κ3) is 3.11. The van der Waals surface area contributed by atoms with Crippen molar-refractivity contribution in [3.63, 3.8) is 0 Å². The van der Waals surface area contributed by atoms with E-state index in [-0.39, 0.29) is 17.5 Å². The highest BCUT2D eigenvalue weighted by Crippen LogP contribution is 2.30. The first kappa shape index (κ1) is 14.8. The molecule has 0 aromatic carbocycles. The molecule has 3 unspecified atom stereocenters. The zero-order valence-electron chi connectivity index (χ0n) is 12.9. The summed E-state index contributed by atoms with van der Waals surface area (Å²) >= 11 is 0. The first-order valence-electron chi connectivity index (χ1n) is 7.57. The Morgan fingerprint density at radius 3 is 2.53 bits per heavy atom. The van der Waals surface area contributed by atoms with Crippen molar-refractivity contribution < 1.29 is 4.79 Å². The number of rotatable bonds is 1. The van der Waals surface area contributed by atoms with Crippen molar-refractivity contribution >= 4 is 5.91 Å². The van der Waals surface area contributed by atoms with Crippen LogP contribution in [-0.4, -0.2) is 54.0 Å². The molecule has 1 aliphatic heterocycles. The standard InChI is InChI=1S/C15H29N3O/c1-11-9-12(5-6-13(11)16)14(19)18-8-7-17(4)15(2,3)10-18/h11-13H,5-10,16H2,1-4H3. The molecule has 0 bridgehead atoms. The molecule has 2 aliphatic rings. The minimum Gasteiger partial charge on any atom is -0.339 e. The van der Waals surface area contributed by atoms with Crippen LogP contribution in [0.2, 0.25) is 0 Å².